The van der Waals surface area contributed by atoms with Crippen LogP contribution in [0.2, 0.25) is 0 Å². The minimum atomic E-state index is 0.0136. The average molecular weight is 229 g/mol. The molecule has 1 aromatic rings. The molecule has 0 saturated carbocycles. The van der Waals surface area contributed by atoms with Crippen LogP contribution < -0.4 is 10.6 Å². The monoisotopic (exact) mass is 229 g/mol. The van der Waals surface area contributed by atoms with Crippen LogP contribution in [0.4, 0.5) is 11.4 Å². The predicted octanol–water partition coefficient (Wildman–Crippen LogP) is 2.34. The van der Waals surface area contributed by atoms with Gasteiger partial charge in [-0.15, -0.1) is 0 Å². The van der Waals surface area contributed by atoms with Gasteiger partial charge in [0.2, 0.25) is 5.91 Å². The maximum atomic E-state index is 11.7. The Bertz CT molecular complexity index is 488. The van der Waals surface area contributed by atoms with Crippen LogP contribution in [0.15, 0.2) is 18.2 Å². The van der Waals surface area contributed by atoms with Crippen LogP contribution in [0.1, 0.15) is 25.8 Å². The van der Waals surface area contributed by atoms with Gasteiger partial charge >= 0.3 is 0 Å². The van der Waals surface area contributed by atoms with Crippen LogP contribution >= 0.6 is 0 Å². The molecule has 0 aliphatic carbocycles. The minimum Gasteiger partial charge on any atom is -0.380 e. The van der Waals surface area contributed by atoms with Crippen molar-refractivity contribution in [3.05, 3.63) is 23.8 Å². The van der Waals surface area contributed by atoms with Gasteiger partial charge in [-0.3, -0.25) is 4.79 Å². The van der Waals surface area contributed by atoms with Gasteiger partial charge < -0.3 is 10.6 Å². The van der Waals surface area contributed by atoms with E-state index < -0.39 is 0 Å². The highest BCUT2D eigenvalue weighted by molar-refractivity contribution is 5.96. The Morgan fingerprint density at radius 1 is 1.41 bits per heavy atom. The fourth-order valence-electron chi connectivity index (χ4n) is 1.90. The van der Waals surface area contributed by atoms with Crippen LogP contribution in [-0.2, 0) is 4.79 Å². The van der Waals surface area contributed by atoms with Gasteiger partial charge in [0.25, 0.3) is 0 Å². The highest BCUT2D eigenvalue weighted by Crippen LogP contribution is 2.28. The molecule has 1 heterocycles. The smallest absolute Gasteiger partial charge is 0.226 e. The van der Waals surface area contributed by atoms with Gasteiger partial charge in [0.05, 0.1) is 23.0 Å². The topological polar surface area (TPSA) is 64.9 Å². The van der Waals surface area contributed by atoms with E-state index in [1.54, 1.807) is 18.2 Å². The second-order valence-corrected chi connectivity index (χ2v) is 4.62. The molecule has 17 heavy (non-hydrogen) atoms. The van der Waals surface area contributed by atoms with Crippen molar-refractivity contribution in [1.82, 2.24) is 0 Å². The fraction of sp³-hybridized carbons (Fsp3) is 0.385. The summed E-state index contributed by atoms with van der Waals surface area (Å²) in [5.74, 6) is 0.372. The van der Waals surface area contributed by atoms with E-state index in [1.165, 1.54) is 0 Å². The lowest BCUT2D eigenvalue weighted by molar-refractivity contribution is -0.116. The zero-order valence-corrected chi connectivity index (χ0v) is 9.95. The number of benzene rings is 1. The second kappa shape index (κ2) is 4.46. The van der Waals surface area contributed by atoms with Crippen molar-refractivity contribution in [2.24, 2.45) is 5.92 Å². The molecule has 0 bridgehead atoms. The van der Waals surface area contributed by atoms with Crippen molar-refractivity contribution < 1.29 is 4.79 Å². The number of rotatable bonds is 1. The number of hydrogen-bond donors (Lipinski definition) is 2. The number of carbonyl (C=O) groups is 1. The van der Waals surface area contributed by atoms with Crippen molar-refractivity contribution in [3.8, 4) is 6.07 Å². The molecule has 1 unspecified atom stereocenters. The molecule has 0 spiro atoms. The van der Waals surface area contributed by atoms with Crippen LogP contribution in [0.3, 0.4) is 0 Å². The Kier molecular flexibility index (Phi) is 3.01. The van der Waals surface area contributed by atoms with E-state index in [1.807, 2.05) is 0 Å². The Morgan fingerprint density at radius 2 is 2.18 bits per heavy atom. The molecule has 1 aromatic carbocycles. The summed E-state index contributed by atoms with van der Waals surface area (Å²) in [4.78, 5) is 11.7. The molecule has 2 rings (SSSR count). The molecule has 1 atom stereocenters. The summed E-state index contributed by atoms with van der Waals surface area (Å²) >= 11 is 0. The SMILES string of the molecule is CC(C)C1CC(=O)Nc2ccc(C#N)cc2N1. The highest BCUT2D eigenvalue weighted by Gasteiger charge is 2.22. The molecular formula is C13H15N3O. The molecule has 4 nitrogen and oxygen atoms in total. The standard InChI is InChI=1S/C13H15N3O/c1-8(2)11-6-13(17)16-10-4-3-9(7-14)5-12(10)15-11/h3-5,8,11,15H,6H2,1-2H3,(H,16,17). The maximum absolute atomic E-state index is 11.7. The van der Waals surface area contributed by atoms with E-state index in [-0.39, 0.29) is 11.9 Å². The first-order chi connectivity index (χ1) is 8.10. The van der Waals surface area contributed by atoms with Gasteiger partial charge in [-0.1, -0.05) is 13.8 Å². The second-order valence-electron chi connectivity index (χ2n) is 4.62. The lowest BCUT2D eigenvalue weighted by Gasteiger charge is -2.20. The summed E-state index contributed by atoms with van der Waals surface area (Å²) in [6.45, 7) is 4.15. The molecule has 0 saturated heterocycles. The van der Waals surface area contributed by atoms with Crippen LogP contribution in [0.5, 0.6) is 0 Å². The van der Waals surface area contributed by atoms with Crippen molar-refractivity contribution >= 4 is 17.3 Å². The van der Waals surface area contributed by atoms with Crippen LogP contribution in [0, 0.1) is 17.2 Å². The van der Waals surface area contributed by atoms with Gasteiger partial charge in [-0.2, -0.15) is 5.26 Å². The molecule has 88 valence electrons. The lowest BCUT2D eigenvalue weighted by Crippen LogP contribution is -2.27. The summed E-state index contributed by atoms with van der Waals surface area (Å²) in [6.07, 6.45) is 0.453. The van der Waals surface area contributed by atoms with E-state index in [4.69, 9.17) is 5.26 Å². The van der Waals surface area contributed by atoms with Crippen molar-refractivity contribution in [1.29, 1.82) is 5.26 Å². The van der Waals surface area contributed by atoms with Gasteiger partial charge in [-0.05, 0) is 24.1 Å². The zero-order chi connectivity index (χ0) is 12.4. The number of nitrogens with one attached hydrogen (secondary N) is 2. The molecule has 1 aliphatic heterocycles. The number of amides is 1. The number of carbonyl (C=O) groups excluding carboxylic acids is 1. The number of hydrogen-bond acceptors (Lipinski definition) is 3. The third kappa shape index (κ3) is 2.39. The Balaban J connectivity index is 2.39. The summed E-state index contributed by atoms with van der Waals surface area (Å²) < 4.78 is 0. The van der Waals surface area contributed by atoms with E-state index in [0.717, 1.165) is 11.4 Å². The van der Waals surface area contributed by atoms with Gasteiger partial charge in [0.1, 0.15) is 0 Å². The zero-order valence-electron chi connectivity index (χ0n) is 9.95. The number of anilines is 2. The van der Waals surface area contributed by atoms with E-state index in [2.05, 4.69) is 30.6 Å². The number of fused-ring (bicyclic) bond motifs is 1. The Labute approximate surface area is 101 Å². The number of nitrogens with zero attached hydrogens (tertiary/aromatic N) is 1. The first-order valence-corrected chi connectivity index (χ1v) is 5.70. The molecule has 0 radical (unpaired) electrons. The first kappa shape index (κ1) is 11.5. The number of nitriles is 1. The summed E-state index contributed by atoms with van der Waals surface area (Å²) in [5, 5.41) is 15.0. The quantitative estimate of drug-likeness (QED) is 0.776. The normalized spacial score (nSPS) is 18.7. The van der Waals surface area contributed by atoms with Crippen molar-refractivity contribution in [3.63, 3.8) is 0 Å². The molecular weight excluding hydrogens is 214 g/mol. The van der Waals surface area contributed by atoms with E-state index in [9.17, 15) is 4.79 Å². The predicted molar refractivity (Wildman–Crippen MR) is 66.7 cm³/mol. The molecule has 0 fully saturated rings. The largest absolute Gasteiger partial charge is 0.380 e. The van der Waals surface area contributed by atoms with Crippen LogP contribution in [0.25, 0.3) is 0 Å². The average Bonchev–Trinajstić information content (AvgIpc) is 2.46. The van der Waals surface area contributed by atoms with E-state index >= 15 is 0 Å². The van der Waals surface area contributed by atoms with Crippen molar-refractivity contribution in [2.75, 3.05) is 10.6 Å². The molecule has 0 aromatic heterocycles. The fourth-order valence-corrected chi connectivity index (χ4v) is 1.90. The maximum Gasteiger partial charge on any atom is 0.226 e. The molecule has 2 N–H and O–H groups in total. The van der Waals surface area contributed by atoms with E-state index in [0.29, 0.717) is 17.9 Å². The third-order valence-electron chi connectivity index (χ3n) is 2.97. The summed E-state index contributed by atoms with van der Waals surface area (Å²) in [6, 6.07) is 7.45. The third-order valence-corrected chi connectivity index (χ3v) is 2.97. The molecule has 1 amide bonds. The highest BCUT2D eigenvalue weighted by atomic mass is 16.1. The molecule has 1 aliphatic rings. The Morgan fingerprint density at radius 3 is 2.82 bits per heavy atom. The minimum absolute atomic E-state index is 0.0136. The van der Waals surface area contributed by atoms with Gasteiger partial charge in [-0.25, -0.2) is 0 Å². The summed E-state index contributed by atoms with van der Waals surface area (Å²) in [5.41, 5.74) is 2.17. The first-order valence-electron chi connectivity index (χ1n) is 5.70. The summed E-state index contributed by atoms with van der Waals surface area (Å²) in [7, 11) is 0. The Hall–Kier alpha value is -2.02. The van der Waals surface area contributed by atoms with Crippen LogP contribution in [-0.4, -0.2) is 11.9 Å². The van der Waals surface area contributed by atoms with Gasteiger partial charge in [0, 0.05) is 12.5 Å². The molecule has 4 heteroatoms. The van der Waals surface area contributed by atoms with Gasteiger partial charge in [0.15, 0.2) is 0 Å². The van der Waals surface area contributed by atoms with Crippen molar-refractivity contribution in [2.45, 2.75) is 26.3 Å². The lowest BCUT2D eigenvalue weighted by atomic mass is 10.0.